The van der Waals surface area contributed by atoms with Crippen molar-refractivity contribution in [1.82, 2.24) is 5.32 Å². The third-order valence-electron chi connectivity index (χ3n) is 4.17. The van der Waals surface area contributed by atoms with Gasteiger partial charge in [0, 0.05) is 17.7 Å². The van der Waals surface area contributed by atoms with Crippen LogP contribution in [0.15, 0.2) is 54.1 Å². The minimum absolute atomic E-state index is 0.0139. The van der Waals surface area contributed by atoms with Gasteiger partial charge in [0.05, 0.1) is 12.2 Å². The summed E-state index contributed by atoms with van der Waals surface area (Å²) in [6, 6.07) is 11.6. The van der Waals surface area contributed by atoms with E-state index >= 15 is 0 Å². The quantitative estimate of drug-likeness (QED) is 0.521. The van der Waals surface area contributed by atoms with Crippen molar-refractivity contribution in [1.29, 1.82) is 0 Å². The van der Waals surface area contributed by atoms with Crippen molar-refractivity contribution in [3.8, 4) is 0 Å². The highest BCUT2D eigenvalue weighted by atomic mass is 19.4. The van der Waals surface area contributed by atoms with Gasteiger partial charge in [-0.25, -0.2) is 4.79 Å². The molecule has 1 amide bonds. The number of carbonyl (C=O) groups is 2. The molecule has 0 aliphatic heterocycles. The molecule has 7 heteroatoms. The lowest BCUT2D eigenvalue weighted by Gasteiger charge is -2.13. The number of benzene rings is 2. The van der Waals surface area contributed by atoms with Crippen LogP contribution in [0.1, 0.15) is 47.3 Å². The number of amides is 1. The van der Waals surface area contributed by atoms with E-state index in [4.69, 9.17) is 4.74 Å². The molecule has 0 aliphatic carbocycles. The van der Waals surface area contributed by atoms with Crippen molar-refractivity contribution < 1.29 is 27.5 Å². The molecule has 0 saturated carbocycles. The summed E-state index contributed by atoms with van der Waals surface area (Å²) in [6.07, 6.45) is -2.40. The molecule has 0 aromatic heterocycles. The van der Waals surface area contributed by atoms with Crippen LogP contribution >= 0.6 is 0 Å². The Hall–Kier alpha value is -3.09. The zero-order valence-corrected chi connectivity index (χ0v) is 16.2. The van der Waals surface area contributed by atoms with E-state index in [9.17, 15) is 22.8 Å². The third kappa shape index (κ3) is 6.20. The van der Waals surface area contributed by atoms with Crippen molar-refractivity contribution in [3.63, 3.8) is 0 Å². The summed E-state index contributed by atoms with van der Waals surface area (Å²) in [4.78, 5) is 24.3. The van der Waals surface area contributed by atoms with Gasteiger partial charge in [0.25, 0.3) is 5.91 Å². The van der Waals surface area contributed by atoms with Crippen molar-refractivity contribution in [3.05, 3.63) is 76.4 Å². The summed E-state index contributed by atoms with van der Waals surface area (Å²) >= 11 is 0. The van der Waals surface area contributed by atoms with Gasteiger partial charge in [0.1, 0.15) is 0 Å². The summed E-state index contributed by atoms with van der Waals surface area (Å²) in [5.74, 6) is -0.931. The van der Waals surface area contributed by atoms with Gasteiger partial charge in [0.15, 0.2) is 0 Å². The van der Waals surface area contributed by atoms with E-state index in [2.05, 4.69) is 5.32 Å². The van der Waals surface area contributed by atoms with Gasteiger partial charge in [-0.2, -0.15) is 13.2 Å². The maximum atomic E-state index is 13.1. The molecule has 0 aliphatic rings. The predicted molar refractivity (Wildman–Crippen MR) is 104 cm³/mol. The number of nitrogens with one attached hydrogen (secondary N) is 1. The second-order valence-corrected chi connectivity index (χ2v) is 6.21. The van der Waals surface area contributed by atoms with Crippen molar-refractivity contribution in [2.45, 2.75) is 33.0 Å². The number of rotatable bonds is 7. The third-order valence-corrected chi connectivity index (χ3v) is 4.17. The van der Waals surface area contributed by atoms with Gasteiger partial charge in [-0.05, 0) is 48.7 Å². The highest BCUT2D eigenvalue weighted by Crippen LogP contribution is 2.31. The molecule has 2 aromatic carbocycles. The number of alkyl halides is 3. The first-order chi connectivity index (χ1) is 13.8. The van der Waals surface area contributed by atoms with E-state index < -0.39 is 23.6 Å². The van der Waals surface area contributed by atoms with Crippen LogP contribution in [-0.4, -0.2) is 18.5 Å². The first-order valence-corrected chi connectivity index (χ1v) is 9.17. The Balaban J connectivity index is 2.16. The molecule has 1 N–H and O–H groups in total. The number of halogens is 3. The van der Waals surface area contributed by atoms with Gasteiger partial charge in [0.2, 0.25) is 0 Å². The standard InChI is InChI=1S/C22H22F3NO3/c1-3-16(21(28)29-4-2)12-15-8-7-10-17(13-15)20(27)26-14-18-9-5-6-11-19(18)22(23,24)25/h5-13H,3-4,14H2,1-2H3,(H,26,27)/b16-12+. The number of esters is 1. The molecule has 4 nitrogen and oxygen atoms in total. The Morgan fingerprint density at radius 2 is 1.79 bits per heavy atom. The lowest BCUT2D eigenvalue weighted by molar-refractivity contribution is -0.139. The van der Waals surface area contributed by atoms with E-state index in [1.165, 1.54) is 18.2 Å². The normalized spacial score (nSPS) is 11.8. The fourth-order valence-corrected chi connectivity index (χ4v) is 2.73. The smallest absolute Gasteiger partial charge is 0.416 e. The molecule has 29 heavy (non-hydrogen) atoms. The summed E-state index contributed by atoms with van der Waals surface area (Å²) in [6.45, 7) is 3.54. The zero-order chi connectivity index (χ0) is 21.4. The highest BCUT2D eigenvalue weighted by Gasteiger charge is 2.32. The van der Waals surface area contributed by atoms with Gasteiger partial charge >= 0.3 is 12.1 Å². The number of hydrogen-bond acceptors (Lipinski definition) is 3. The average Bonchev–Trinajstić information content (AvgIpc) is 2.70. The fraction of sp³-hybridized carbons (Fsp3) is 0.273. The number of hydrogen-bond donors (Lipinski definition) is 1. The average molecular weight is 405 g/mol. The largest absolute Gasteiger partial charge is 0.463 e. The monoisotopic (exact) mass is 405 g/mol. The van der Waals surface area contributed by atoms with Crippen LogP contribution in [0.25, 0.3) is 6.08 Å². The van der Waals surface area contributed by atoms with Crippen molar-refractivity contribution in [2.24, 2.45) is 0 Å². The molecule has 154 valence electrons. The van der Waals surface area contributed by atoms with Crippen molar-refractivity contribution in [2.75, 3.05) is 6.61 Å². The Kier molecular flexibility index (Phi) is 7.59. The van der Waals surface area contributed by atoms with E-state index in [0.29, 0.717) is 17.6 Å². The van der Waals surface area contributed by atoms with Crippen LogP contribution < -0.4 is 5.32 Å². The van der Waals surface area contributed by atoms with Crippen LogP contribution in [-0.2, 0) is 22.3 Å². The van der Waals surface area contributed by atoms with Crippen molar-refractivity contribution >= 4 is 18.0 Å². The van der Waals surface area contributed by atoms with Gasteiger partial charge < -0.3 is 10.1 Å². The molecule has 0 fully saturated rings. The molecule has 0 atom stereocenters. The van der Waals surface area contributed by atoms with Gasteiger partial charge in [-0.1, -0.05) is 37.3 Å². The molecule has 2 aromatic rings. The predicted octanol–water partition coefficient (Wildman–Crippen LogP) is 4.99. The first kappa shape index (κ1) is 22.2. The van der Waals surface area contributed by atoms with Gasteiger partial charge in [-0.3, -0.25) is 4.79 Å². The zero-order valence-electron chi connectivity index (χ0n) is 16.2. The number of ether oxygens (including phenoxy) is 1. The molecule has 0 bridgehead atoms. The second-order valence-electron chi connectivity index (χ2n) is 6.21. The summed E-state index contributed by atoms with van der Waals surface area (Å²) in [7, 11) is 0. The van der Waals surface area contributed by atoms with E-state index in [0.717, 1.165) is 6.07 Å². The SMILES string of the molecule is CCOC(=O)/C(=C/c1cccc(C(=O)NCc2ccccc2C(F)(F)F)c1)CC. The maximum absolute atomic E-state index is 13.1. The lowest BCUT2D eigenvalue weighted by Crippen LogP contribution is -2.24. The Labute approximate surface area is 167 Å². The van der Waals surface area contributed by atoms with E-state index in [-0.39, 0.29) is 24.3 Å². The van der Waals surface area contributed by atoms with Gasteiger partial charge in [-0.15, -0.1) is 0 Å². The molecule has 0 spiro atoms. The lowest BCUT2D eigenvalue weighted by atomic mass is 10.0. The number of carbonyl (C=O) groups excluding carboxylic acids is 2. The maximum Gasteiger partial charge on any atom is 0.416 e. The summed E-state index contributed by atoms with van der Waals surface area (Å²) in [5, 5.41) is 2.51. The molecule has 0 unspecified atom stereocenters. The Morgan fingerprint density at radius 3 is 2.45 bits per heavy atom. The van der Waals surface area contributed by atoms with E-state index in [1.807, 2.05) is 6.92 Å². The van der Waals surface area contributed by atoms with Crippen LogP contribution in [0.3, 0.4) is 0 Å². The van der Waals surface area contributed by atoms with Crippen LogP contribution in [0.4, 0.5) is 13.2 Å². The first-order valence-electron chi connectivity index (χ1n) is 9.17. The van der Waals surface area contributed by atoms with Crippen LogP contribution in [0.5, 0.6) is 0 Å². The highest BCUT2D eigenvalue weighted by molar-refractivity contribution is 5.96. The molecular weight excluding hydrogens is 383 g/mol. The molecule has 0 radical (unpaired) electrons. The second kappa shape index (κ2) is 9.91. The minimum atomic E-state index is -4.49. The summed E-state index contributed by atoms with van der Waals surface area (Å²) < 4.78 is 44.2. The topological polar surface area (TPSA) is 55.4 Å². The van der Waals surface area contributed by atoms with Crippen LogP contribution in [0.2, 0.25) is 0 Å². The molecule has 0 heterocycles. The van der Waals surface area contributed by atoms with E-state index in [1.54, 1.807) is 37.3 Å². The fourth-order valence-electron chi connectivity index (χ4n) is 2.73. The van der Waals surface area contributed by atoms with Crippen LogP contribution in [0, 0.1) is 0 Å². The summed E-state index contributed by atoms with van der Waals surface area (Å²) in [5.41, 5.74) is 0.572. The minimum Gasteiger partial charge on any atom is -0.463 e. The Bertz CT molecular complexity index is 904. The molecular formula is C22H22F3NO3. The Morgan fingerprint density at radius 1 is 1.07 bits per heavy atom. The molecule has 2 rings (SSSR count). The molecule has 0 saturated heterocycles.